The molecule has 0 spiro atoms. The summed E-state index contributed by atoms with van der Waals surface area (Å²) in [6.07, 6.45) is 2.69. The highest BCUT2D eigenvalue weighted by atomic mass is 35.5. The maximum atomic E-state index is 12.6. The fourth-order valence-electron chi connectivity index (χ4n) is 2.73. The fourth-order valence-corrected chi connectivity index (χ4v) is 5.00. The molecule has 1 fully saturated rings. The van der Waals surface area contributed by atoms with Crippen LogP contribution in [0.2, 0.25) is 5.02 Å². The van der Waals surface area contributed by atoms with Gasteiger partial charge in [0.15, 0.2) is 5.13 Å². The number of anilines is 1. The Labute approximate surface area is 155 Å². The molecule has 6 nitrogen and oxygen atoms in total. The smallest absolute Gasteiger partial charge is 0.243 e. The number of nitrogens with zero attached hydrogens (tertiary/aromatic N) is 2. The highest BCUT2D eigenvalue weighted by molar-refractivity contribution is 7.89. The van der Waals surface area contributed by atoms with Crippen LogP contribution in [-0.4, -0.2) is 36.7 Å². The van der Waals surface area contributed by atoms with Gasteiger partial charge in [-0.1, -0.05) is 11.6 Å². The van der Waals surface area contributed by atoms with Crippen LogP contribution in [0, 0.1) is 12.8 Å². The molecule has 1 aliphatic rings. The van der Waals surface area contributed by atoms with Gasteiger partial charge < -0.3 is 5.32 Å². The number of amides is 1. The summed E-state index contributed by atoms with van der Waals surface area (Å²) in [6, 6.07) is 6.12. The highest BCUT2D eigenvalue weighted by Crippen LogP contribution is 2.26. The van der Waals surface area contributed by atoms with E-state index in [9.17, 15) is 13.2 Å². The van der Waals surface area contributed by atoms with Crippen LogP contribution in [0.1, 0.15) is 17.7 Å². The van der Waals surface area contributed by atoms with Gasteiger partial charge in [-0.3, -0.25) is 4.79 Å². The van der Waals surface area contributed by atoms with E-state index in [1.54, 1.807) is 18.3 Å². The van der Waals surface area contributed by atoms with Crippen LogP contribution in [-0.2, 0) is 14.8 Å². The van der Waals surface area contributed by atoms with Crippen LogP contribution in [0.25, 0.3) is 0 Å². The normalized spacial score (nSPS) is 16.7. The predicted octanol–water partition coefficient (Wildman–Crippen LogP) is 3.14. The number of aromatic nitrogens is 1. The molecular formula is C16H18ClN3O3S2. The lowest BCUT2D eigenvalue weighted by Gasteiger charge is -2.30. The molecule has 1 saturated heterocycles. The lowest BCUT2D eigenvalue weighted by molar-refractivity contribution is -0.120. The number of sulfonamides is 1. The van der Waals surface area contributed by atoms with E-state index in [-0.39, 0.29) is 16.7 Å². The van der Waals surface area contributed by atoms with E-state index in [2.05, 4.69) is 10.3 Å². The molecule has 0 atom stereocenters. The van der Waals surface area contributed by atoms with Gasteiger partial charge in [-0.25, -0.2) is 13.4 Å². The molecule has 0 radical (unpaired) electrons. The molecule has 0 aliphatic carbocycles. The van der Waals surface area contributed by atoms with Gasteiger partial charge >= 0.3 is 0 Å². The van der Waals surface area contributed by atoms with Crippen molar-refractivity contribution in [2.45, 2.75) is 24.7 Å². The zero-order valence-electron chi connectivity index (χ0n) is 13.6. The third-order valence-corrected chi connectivity index (χ3v) is 7.12. The second kappa shape index (κ2) is 7.41. The second-order valence-corrected chi connectivity index (χ2v) is 9.51. The Morgan fingerprint density at radius 3 is 2.48 bits per heavy atom. The Kier molecular flexibility index (Phi) is 5.43. The lowest BCUT2D eigenvalue weighted by atomic mass is 9.97. The van der Waals surface area contributed by atoms with E-state index in [1.165, 1.54) is 27.8 Å². The van der Waals surface area contributed by atoms with Crippen molar-refractivity contribution in [2.75, 3.05) is 18.4 Å². The maximum absolute atomic E-state index is 12.6. The quantitative estimate of drug-likeness (QED) is 0.856. The number of hydrogen-bond donors (Lipinski definition) is 1. The zero-order chi connectivity index (χ0) is 18.0. The van der Waals surface area contributed by atoms with Crippen molar-refractivity contribution in [1.29, 1.82) is 0 Å². The summed E-state index contributed by atoms with van der Waals surface area (Å²) in [5.41, 5.74) is 0. The molecule has 3 rings (SSSR count). The molecule has 1 amide bonds. The molecule has 25 heavy (non-hydrogen) atoms. The molecule has 134 valence electrons. The first-order chi connectivity index (χ1) is 11.9. The summed E-state index contributed by atoms with van der Waals surface area (Å²) in [7, 11) is -3.55. The lowest BCUT2D eigenvalue weighted by Crippen LogP contribution is -2.41. The van der Waals surface area contributed by atoms with E-state index in [0.717, 1.165) is 4.88 Å². The largest absolute Gasteiger partial charge is 0.302 e. The number of halogens is 1. The Morgan fingerprint density at radius 1 is 1.28 bits per heavy atom. The standard InChI is InChI=1S/C16H18ClN3O3S2/c1-11-10-18-16(24-11)19-15(21)12-6-8-20(9-7-12)25(22,23)14-4-2-13(17)3-5-14/h2-5,10,12H,6-9H2,1H3,(H,18,19,21). The Balaban J connectivity index is 1.61. The summed E-state index contributed by atoms with van der Waals surface area (Å²) in [4.78, 5) is 17.7. The van der Waals surface area contributed by atoms with Gasteiger partial charge in [-0.15, -0.1) is 11.3 Å². The van der Waals surface area contributed by atoms with Crippen molar-refractivity contribution in [3.05, 3.63) is 40.4 Å². The van der Waals surface area contributed by atoms with E-state index >= 15 is 0 Å². The summed E-state index contributed by atoms with van der Waals surface area (Å²) in [5, 5.41) is 3.88. The van der Waals surface area contributed by atoms with Crippen LogP contribution in [0.15, 0.2) is 35.4 Å². The predicted molar refractivity (Wildman–Crippen MR) is 98.4 cm³/mol. The monoisotopic (exact) mass is 399 g/mol. The van der Waals surface area contributed by atoms with Crippen LogP contribution >= 0.6 is 22.9 Å². The molecule has 1 aromatic heterocycles. The number of piperidine rings is 1. The highest BCUT2D eigenvalue weighted by Gasteiger charge is 2.32. The number of benzene rings is 1. The van der Waals surface area contributed by atoms with Crippen molar-refractivity contribution in [3.8, 4) is 0 Å². The van der Waals surface area contributed by atoms with E-state index in [4.69, 9.17) is 11.6 Å². The Hall–Kier alpha value is -1.48. The van der Waals surface area contributed by atoms with Gasteiger partial charge in [0.2, 0.25) is 15.9 Å². The van der Waals surface area contributed by atoms with Gasteiger partial charge in [-0.2, -0.15) is 4.31 Å². The van der Waals surface area contributed by atoms with Crippen molar-refractivity contribution < 1.29 is 13.2 Å². The summed E-state index contributed by atoms with van der Waals surface area (Å²) >= 11 is 7.24. The topological polar surface area (TPSA) is 79.4 Å². The number of thiazole rings is 1. The first-order valence-electron chi connectivity index (χ1n) is 7.85. The number of nitrogens with one attached hydrogen (secondary N) is 1. The molecule has 0 saturated carbocycles. The zero-order valence-corrected chi connectivity index (χ0v) is 16.0. The third-order valence-electron chi connectivity index (χ3n) is 4.13. The van der Waals surface area contributed by atoms with Crippen molar-refractivity contribution in [2.24, 2.45) is 5.92 Å². The van der Waals surface area contributed by atoms with Gasteiger partial charge in [-0.05, 0) is 44.0 Å². The van der Waals surface area contributed by atoms with Crippen LogP contribution in [0.5, 0.6) is 0 Å². The van der Waals surface area contributed by atoms with E-state index < -0.39 is 10.0 Å². The van der Waals surface area contributed by atoms with Gasteiger partial charge in [0.05, 0.1) is 4.90 Å². The number of carbonyl (C=O) groups excluding carboxylic acids is 1. The summed E-state index contributed by atoms with van der Waals surface area (Å²) < 4.78 is 26.7. The van der Waals surface area contributed by atoms with Gasteiger partial charge in [0, 0.05) is 35.1 Å². The van der Waals surface area contributed by atoms with Crippen molar-refractivity contribution in [3.63, 3.8) is 0 Å². The minimum atomic E-state index is -3.55. The molecule has 1 aromatic carbocycles. The SMILES string of the molecule is Cc1cnc(NC(=O)C2CCN(S(=O)(=O)c3ccc(Cl)cc3)CC2)s1. The minimum absolute atomic E-state index is 0.0992. The minimum Gasteiger partial charge on any atom is -0.302 e. The third kappa shape index (κ3) is 4.20. The molecule has 1 N–H and O–H groups in total. The molecule has 9 heteroatoms. The van der Waals surface area contributed by atoms with Crippen molar-refractivity contribution >= 4 is 44.0 Å². The molecule has 2 heterocycles. The fraction of sp³-hybridized carbons (Fsp3) is 0.375. The van der Waals surface area contributed by atoms with E-state index in [1.807, 2.05) is 6.92 Å². The second-order valence-electron chi connectivity index (χ2n) is 5.90. The van der Waals surface area contributed by atoms with Crippen LogP contribution in [0.4, 0.5) is 5.13 Å². The average Bonchev–Trinajstić information content (AvgIpc) is 3.00. The number of carbonyl (C=O) groups is 1. The Bertz CT molecular complexity index is 857. The summed E-state index contributed by atoms with van der Waals surface area (Å²) in [5.74, 6) is -0.307. The number of rotatable bonds is 4. The van der Waals surface area contributed by atoms with E-state index in [0.29, 0.717) is 36.1 Å². The number of hydrogen-bond acceptors (Lipinski definition) is 5. The molecular weight excluding hydrogens is 382 g/mol. The summed E-state index contributed by atoms with van der Waals surface area (Å²) in [6.45, 7) is 2.56. The molecule has 0 unspecified atom stereocenters. The van der Waals surface area contributed by atoms with Gasteiger partial charge in [0.25, 0.3) is 0 Å². The molecule has 0 bridgehead atoms. The van der Waals surface area contributed by atoms with Gasteiger partial charge in [0.1, 0.15) is 0 Å². The average molecular weight is 400 g/mol. The first kappa shape index (κ1) is 18.3. The maximum Gasteiger partial charge on any atom is 0.243 e. The Morgan fingerprint density at radius 2 is 1.92 bits per heavy atom. The van der Waals surface area contributed by atoms with Crippen LogP contribution < -0.4 is 5.32 Å². The molecule has 2 aromatic rings. The van der Waals surface area contributed by atoms with Crippen molar-refractivity contribution in [1.82, 2.24) is 9.29 Å². The molecule has 1 aliphatic heterocycles. The van der Waals surface area contributed by atoms with Crippen LogP contribution in [0.3, 0.4) is 0 Å². The number of aryl methyl sites for hydroxylation is 1. The first-order valence-corrected chi connectivity index (χ1v) is 10.5.